The van der Waals surface area contributed by atoms with Crippen LogP contribution < -0.4 is 16.0 Å². The summed E-state index contributed by atoms with van der Waals surface area (Å²) in [4.78, 5) is 28.1. The van der Waals surface area contributed by atoms with Gasteiger partial charge in [-0.2, -0.15) is 0 Å². The Labute approximate surface area is 152 Å². The number of amides is 3. The number of aromatic nitrogens is 1. The van der Waals surface area contributed by atoms with Gasteiger partial charge in [-0.3, -0.25) is 10.1 Å². The van der Waals surface area contributed by atoms with E-state index in [0.717, 1.165) is 12.0 Å². The van der Waals surface area contributed by atoms with Crippen LogP contribution in [0.15, 0.2) is 29.6 Å². The molecule has 3 N–H and O–H groups in total. The summed E-state index contributed by atoms with van der Waals surface area (Å²) < 4.78 is 0. The van der Waals surface area contributed by atoms with Crippen molar-refractivity contribution in [1.29, 1.82) is 0 Å². The third-order valence-corrected chi connectivity index (χ3v) is 4.27. The van der Waals surface area contributed by atoms with E-state index in [1.54, 1.807) is 5.38 Å². The number of nitrogens with zero attached hydrogens (tertiary/aromatic N) is 1. The van der Waals surface area contributed by atoms with Gasteiger partial charge in [-0.05, 0) is 31.4 Å². The molecule has 134 valence electrons. The first-order chi connectivity index (χ1) is 11.9. The summed E-state index contributed by atoms with van der Waals surface area (Å²) in [6.45, 7) is 6.89. The molecular weight excluding hydrogens is 336 g/mol. The van der Waals surface area contributed by atoms with E-state index in [0.29, 0.717) is 29.0 Å². The minimum absolute atomic E-state index is 0.0541. The van der Waals surface area contributed by atoms with Crippen molar-refractivity contribution in [3.63, 3.8) is 0 Å². The first-order valence-electron chi connectivity index (χ1n) is 8.28. The lowest BCUT2D eigenvalue weighted by molar-refractivity contribution is -0.120. The smallest absolute Gasteiger partial charge is 0.325 e. The van der Waals surface area contributed by atoms with E-state index in [4.69, 9.17) is 0 Å². The maximum Gasteiger partial charge on any atom is 0.325 e. The van der Waals surface area contributed by atoms with Gasteiger partial charge in [0.1, 0.15) is 0 Å². The number of thiazole rings is 1. The molecule has 0 fully saturated rings. The Morgan fingerprint density at radius 3 is 2.56 bits per heavy atom. The number of aryl methyl sites for hydroxylation is 1. The molecule has 0 spiro atoms. The van der Waals surface area contributed by atoms with E-state index in [-0.39, 0.29) is 18.4 Å². The summed E-state index contributed by atoms with van der Waals surface area (Å²) >= 11 is 1.30. The molecule has 0 unspecified atom stereocenters. The first kappa shape index (κ1) is 18.9. The number of nitrogens with one attached hydrogen (secondary N) is 3. The average Bonchev–Trinajstić information content (AvgIpc) is 2.96. The number of hydrogen-bond acceptors (Lipinski definition) is 4. The number of carbonyl (C=O) groups excluding carboxylic acids is 2. The third-order valence-electron chi connectivity index (χ3n) is 3.47. The van der Waals surface area contributed by atoms with Crippen LogP contribution in [-0.2, 0) is 11.2 Å². The fourth-order valence-electron chi connectivity index (χ4n) is 2.07. The standard InChI is InChI=1S/C18H24N4O2S/c1-12(2)8-9-19-16(23)10-15-11-25-18(21-15)22-17(24)20-14-6-4-13(3)5-7-14/h4-7,11-12H,8-10H2,1-3H3,(H,19,23)(H2,20,21,22,24). The van der Waals surface area contributed by atoms with Gasteiger partial charge in [0, 0.05) is 17.6 Å². The molecule has 0 bridgehead atoms. The van der Waals surface area contributed by atoms with E-state index in [1.165, 1.54) is 11.3 Å². The average molecular weight is 360 g/mol. The monoisotopic (exact) mass is 360 g/mol. The van der Waals surface area contributed by atoms with Gasteiger partial charge in [-0.1, -0.05) is 31.5 Å². The lowest BCUT2D eigenvalue weighted by Gasteiger charge is -2.06. The Morgan fingerprint density at radius 1 is 1.16 bits per heavy atom. The Morgan fingerprint density at radius 2 is 1.88 bits per heavy atom. The SMILES string of the molecule is Cc1ccc(NC(=O)Nc2nc(CC(=O)NCCC(C)C)cs2)cc1. The van der Waals surface area contributed by atoms with Gasteiger partial charge in [0.25, 0.3) is 0 Å². The van der Waals surface area contributed by atoms with Gasteiger partial charge in [0.15, 0.2) is 5.13 Å². The van der Waals surface area contributed by atoms with Crippen LogP contribution >= 0.6 is 11.3 Å². The predicted octanol–water partition coefficient (Wildman–Crippen LogP) is 3.80. The Bertz CT molecular complexity index is 710. The normalized spacial score (nSPS) is 10.6. The Hall–Kier alpha value is -2.41. The quantitative estimate of drug-likeness (QED) is 0.702. The van der Waals surface area contributed by atoms with Gasteiger partial charge in [0.2, 0.25) is 5.91 Å². The second-order valence-electron chi connectivity index (χ2n) is 6.30. The highest BCUT2D eigenvalue weighted by Crippen LogP contribution is 2.16. The van der Waals surface area contributed by atoms with Crippen molar-refractivity contribution >= 4 is 34.1 Å². The van der Waals surface area contributed by atoms with Crippen LogP contribution in [0.1, 0.15) is 31.5 Å². The van der Waals surface area contributed by atoms with Crippen LogP contribution in [-0.4, -0.2) is 23.5 Å². The summed E-state index contributed by atoms with van der Waals surface area (Å²) in [6, 6.07) is 7.17. The third kappa shape index (κ3) is 6.93. The minimum Gasteiger partial charge on any atom is -0.356 e. The molecule has 0 radical (unpaired) electrons. The van der Waals surface area contributed by atoms with Crippen LogP contribution in [0.25, 0.3) is 0 Å². The van der Waals surface area contributed by atoms with Crippen LogP contribution in [0, 0.1) is 12.8 Å². The maximum absolute atomic E-state index is 12.0. The summed E-state index contributed by atoms with van der Waals surface area (Å²) in [7, 11) is 0. The van der Waals surface area contributed by atoms with Gasteiger partial charge >= 0.3 is 6.03 Å². The molecule has 1 aromatic heterocycles. The maximum atomic E-state index is 12.0. The largest absolute Gasteiger partial charge is 0.356 e. The molecule has 0 aliphatic carbocycles. The van der Waals surface area contributed by atoms with Gasteiger partial charge in [-0.25, -0.2) is 9.78 Å². The van der Waals surface area contributed by atoms with E-state index < -0.39 is 0 Å². The highest BCUT2D eigenvalue weighted by Gasteiger charge is 2.10. The summed E-state index contributed by atoms with van der Waals surface area (Å²) in [6.07, 6.45) is 1.17. The summed E-state index contributed by atoms with van der Waals surface area (Å²) in [5.41, 5.74) is 2.49. The second-order valence-corrected chi connectivity index (χ2v) is 7.16. The van der Waals surface area contributed by atoms with Crippen LogP contribution in [0.5, 0.6) is 0 Å². The molecule has 0 saturated heterocycles. The summed E-state index contributed by atoms with van der Waals surface area (Å²) in [5.74, 6) is 0.504. The molecule has 0 aliphatic rings. The number of hydrogen-bond donors (Lipinski definition) is 3. The number of benzene rings is 1. The molecule has 1 heterocycles. The van der Waals surface area contributed by atoms with Crippen molar-refractivity contribution < 1.29 is 9.59 Å². The zero-order chi connectivity index (χ0) is 18.2. The number of rotatable bonds is 7. The lowest BCUT2D eigenvalue weighted by atomic mass is 10.1. The molecule has 2 rings (SSSR count). The topological polar surface area (TPSA) is 83.1 Å². The van der Waals surface area contributed by atoms with E-state index in [2.05, 4.69) is 34.8 Å². The minimum atomic E-state index is -0.355. The molecule has 7 heteroatoms. The van der Waals surface area contributed by atoms with Crippen molar-refractivity contribution in [3.8, 4) is 0 Å². The molecule has 0 saturated carbocycles. The Balaban J connectivity index is 1.79. The van der Waals surface area contributed by atoms with Crippen molar-refractivity contribution in [2.75, 3.05) is 17.2 Å². The van der Waals surface area contributed by atoms with Crippen LogP contribution in [0.3, 0.4) is 0 Å². The zero-order valence-corrected chi connectivity index (χ0v) is 15.6. The van der Waals surface area contributed by atoms with Crippen LogP contribution in [0.4, 0.5) is 15.6 Å². The zero-order valence-electron chi connectivity index (χ0n) is 14.8. The molecule has 0 atom stereocenters. The van der Waals surface area contributed by atoms with Crippen molar-refractivity contribution in [1.82, 2.24) is 10.3 Å². The van der Waals surface area contributed by atoms with Crippen LogP contribution in [0.2, 0.25) is 0 Å². The molecule has 0 aliphatic heterocycles. The van der Waals surface area contributed by atoms with Gasteiger partial charge in [-0.15, -0.1) is 11.3 Å². The van der Waals surface area contributed by atoms with E-state index in [1.807, 2.05) is 31.2 Å². The molecule has 25 heavy (non-hydrogen) atoms. The fraction of sp³-hybridized carbons (Fsp3) is 0.389. The van der Waals surface area contributed by atoms with Crippen molar-refractivity contribution in [3.05, 3.63) is 40.9 Å². The molecule has 3 amide bonds. The molecule has 1 aromatic carbocycles. The Kier molecular flexibility index (Phi) is 6.94. The summed E-state index contributed by atoms with van der Waals surface area (Å²) in [5, 5.41) is 10.6. The van der Waals surface area contributed by atoms with E-state index in [9.17, 15) is 9.59 Å². The fourth-order valence-corrected chi connectivity index (χ4v) is 2.77. The number of carbonyl (C=O) groups is 2. The van der Waals surface area contributed by atoms with Crippen molar-refractivity contribution in [2.45, 2.75) is 33.6 Å². The van der Waals surface area contributed by atoms with Gasteiger partial charge < -0.3 is 10.6 Å². The number of anilines is 2. The number of urea groups is 1. The van der Waals surface area contributed by atoms with Crippen molar-refractivity contribution in [2.24, 2.45) is 5.92 Å². The second kappa shape index (κ2) is 9.17. The highest BCUT2D eigenvalue weighted by atomic mass is 32.1. The molecule has 6 nitrogen and oxygen atoms in total. The molecular formula is C18H24N4O2S. The first-order valence-corrected chi connectivity index (χ1v) is 9.16. The van der Waals surface area contributed by atoms with Gasteiger partial charge in [0.05, 0.1) is 12.1 Å². The highest BCUT2D eigenvalue weighted by molar-refractivity contribution is 7.13. The predicted molar refractivity (Wildman–Crippen MR) is 102 cm³/mol. The van der Waals surface area contributed by atoms with E-state index >= 15 is 0 Å². The molecule has 2 aromatic rings. The lowest BCUT2D eigenvalue weighted by Crippen LogP contribution is -2.27.